The predicted molar refractivity (Wildman–Crippen MR) is 508 cm³/mol. The molecule has 0 spiro atoms. The number of ether oxygens (including phenoxy) is 4. The number of nitrogens with zero attached hydrogens (tertiary/aromatic N) is 10. The van der Waals surface area contributed by atoms with Crippen LogP contribution < -0.4 is 41.5 Å². The number of aromatic carboxylic acids is 1. The molecule has 0 radical (unpaired) electrons. The number of ketones is 2. The lowest BCUT2D eigenvalue weighted by atomic mass is 9.93. The van der Waals surface area contributed by atoms with Crippen LogP contribution in [0.2, 0.25) is 0 Å². The summed E-state index contributed by atoms with van der Waals surface area (Å²) in [5.74, 6) is -9.21. The molecule has 0 fully saturated rings. The van der Waals surface area contributed by atoms with E-state index >= 15 is 0 Å². The van der Waals surface area contributed by atoms with Crippen LogP contribution in [0.4, 0.5) is 35.1 Å². The number of carbonyl (C=O) groups excluding carboxylic acids is 7. The van der Waals surface area contributed by atoms with Crippen molar-refractivity contribution in [2.45, 2.75) is 76.8 Å². The second-order valence-electron chi connectivity index (χ2n) is 32.1. The van der Waals surface area contributed by atoms with Crippen molar-refractivity contribution in [3.63, 3.8) is 0 Å². The maximum atomic E-state index is 13.9. The number of amides is 5. The Morgan fingerprint density at radius 1 is 0.387 bits per heavy atom. The molecule has 0 bridgehead atoms. The molecule has 8 aromatic heterocycles. The van der Waals surface area contributed by atoms with Gasteiger partial charge in [0.1, 0.15) is 77.8 Å². The van der Waals surface area contributed by atoms with Crippen molar-refractivity contribution < 1.29 is 97.5 Å². The molecule has 5 amide bonds. The minimum Gasteiger partial charge on any atom is -0.481 e. The molecule has 0 unspecified atom stereocenters. The van der Waals surface area contributed by atoms with Crippen molar-refractivity contribution in [1.82, 2.24) is 54.2 Å². The van der Waals surface area contributed by atoms with Gasteiger partial charge in [0.15, 0.2) is 31.8 Å². The SMILES string of the molecule is NC[C@@H](CC(=O)c1cc2c(s1)OCCn1ncc(Br)c1-2)Cc1cc(F)cc(F)c1.NC[C@@H](CC(=O)c1cc2c(s1)OCCn1ncc(Br)c1-2)Cc1cc(F)cc(F)c1.N[C@@H](Cc1cc(F)cc(F)c1)CN1C(=O)c2ccccc2C1=O.O=C(N[C@@H](Cc1cc(F)cc(F)c1)CN1C(=O)c2ccccc2C1=O)c1cc2c(s1)OCCn1ncc(Br)c1-2.O=C(O)c1cc2c(s1)OCCn1ncc(Br)c1-2. The standard InChI is InChI=1S/C27H19BrF2N4O4S.2C20H18BrF2N3O2S.C17H14F2N2O2.C10H7BrN2O3S/c28-21-12-31-34-5-6-38-27-20(23(21)34)11-22(39-27)24(35)32-17(9-14-7-15(29)10-16(30)8-14)13-33-25(36)18-3-1-2-4-19(18)26(33)37;2*21-16-10-25-26-1-2-28-20-15(19(16)26)8-18(29-20)17(27)6-12(9-24)3-11-4-13(22)7-14(23)5-11;18-11-5-10(6-12(19)8-11)7-13(20)9-21-16(22)14-3-1-2-4-15(14)17(21)23;11-6-4-12-13-1-2-16-10-5(8(6)13)3-7(17-10)9(14)15/h1-4,7-8,10-12,17H,5-6,9,13H2,(H,32,35);2*4-5,7-8,10,12H,1-3,6,9,24H2;1-6,8,13H,7,9,20H2;3-4H,1-2H2,(H,14,15)/t17-;2*12-;13-;/m0110./s1. The van der Waals surface area contributed by atoms with Gasteiger partial charge in [0.05, 0.1) is 157 Å². The third-order valence-electron chi connectivity index (χ3n) is 22.4. The summed E-state index contributed by atoms with van der Waals surface area (Å²) in [6, 6.07) is 31.5. The van der Waals surface area contributed by atoms with Gasteiger partial charge in [0.2, 0.25) is 0 Å². The van der Waals surface area contributed by atoms with E-state index in [2.05, 4.69) is 89.4 Å². The van der Waals surface area contributed by atoms with Crippen molar-refractivity contribution in [2.75, 3.05) is 52.6 Å². The Labute approximate surface area is 824 Å². The third kappa shape index (κ3) is 22.5. The summed E-state index contributed by atoms with van der Waals surface area (Å²) in [7, 11) is 0. The summed E-state index contributed by atoms with van der Waals surface area (Å²) in [6.45, 7) is 4.57. The van der Waals surface area contributed by atoms with Gasteiger partial charge in [-0.15, -0.1) is 0 Å². The monoisotopic (exact) mass is 2200 g/mol. The van der Waals surface area contributed by atoms with Crippen LogP contribution in [0.1, 0.15) is 115 Å². The maximum absolute atomic E-state index is 13.9. The number of imide groups is 2. The Hall–Kier alpha value is -12.0. The van der Waals surface area contributed by atoms with Gasteiger partial charge in [0, 0.05) is 56.2 Å². The average molecular weight is 2210 g/mol. The molecule has 43 heteroatoms. The van der Waals surface area contributed by atoms with Gasteiger partial charge in [-0.3, -0.25) is 62.1 Å². The Morgan fingerprint density at radius 2 is 0.664 bits per heavy atom. The molecule has 8 N–H and O–H groups in total. The molecule has 708 valence electrons. The zero-order valence-corrected chi connectivity index (χ0v) is 81.0. The largest absolute Gasteiger partial charge is 0.481 e. The topological polar surface area (TPSA) is 362 Å². The summed E-state index contributed by atoms with van der Waals surface area (Å²) in [5.41, 5.74) is 27.1. The lowest BCUT2D eigenvalue weighted by Gasteiger charge is -2.24. The Kier molecular flexibility index (Phi) is 30.7. The van der Waals surface area contributed by atoms with Gasteiger partial charge in [-0.05, 0) is 234 Å². The number of thiophene rings is 4. The molecule has 6 aromatic carbocycles. The van der Waals surface area contributed by atoms with E-state index in [-0.39, 0.29) is 96.8 Å². The molecule has 6 aliphatic heterocycles. The van der Waals surface area contributed by atoms with Crippen molar-refractivity contribution in [2.24, 2.45) is 29.0 Å². The molecule has 0 aliphatic carbocycles. The highest BCUT2D eigenvalue weighted by molar-refractivity contribution is 9.11. The predicted octanol–water partition coefficient (Wildman–Crippen LogP) is 18.1. The van der Waals surface area contributed by atoms with Crippen LogP contribution in [0.25, 0.3) is 45.0 Å². The molecule has 20 rings (SSSR count). The summed E-state index contributed by atoms with van der Waals surface area (Å²) in [6.07, 6.45) is 8.02. The number of nitrogens with two attached hydrogens (primary N) is 3. The first-order valence-corrected chi connectivity index (χ1v) is 48.6. The van der Waals surface area contributed by atoms with E-state index in [0.29, 0.717) is 134 Å². The summed E-state index contributed by atoms with van der Waals surface area (Å²) >= 11 is 18.8. The molecule has 4 atom stereocenters. The van der Waals surface area contributed by atoms with Crippen molar-refractivity contribution in [3.05, 3.63) is 299 Å². The second kappa shape index (κ2) is 42.9. The molecule has 14 aromatic rings. The fourth-order valence-corrected chi connectivity index (χ4v) is 22.1. The number of nitrogens with one attached hydrogen (secondary N) is 1. The zero-order chi connectivity index (χ0) is 96.9. The van der Waals surface area contributed by atoms with Crippen LogP contribution in [0.3, 0.4) is 0 Å². The average Bonchev–Trinajstić information content (AvgIpc) is 1.64. The van der Waals surface area contributed by atoms with Gasteiger partial charge >= 0.3 is 5.97 Å². The Morgan fingerprint density at radius 3 is 0.978 bits per heavy atom. The lowest BCUT2D eigenvalue weighted by Crippen LogP contribution is -2.46. The number of hydrogen-bond acceptors (Lipinski definition) is 23. The van der Waals surface area contributed by atoms with E-state index in [1.54, 1.807) is 90.1 Å². The minimum atomic E-state index is -0.936. The Bertz CT molecular complexity index is 6720. The van der Waals surface area contributed by atoms with Crippen LogP contribution in [0.15, 0.2) is 188 Å². The van der Waals surface area contributed by atoms with Crippen molar-refractivity contribution in [3.8, 4) is 65.3 Å². The van der Waals surface area contributed by atoms with Gasteiger partial charge in [-0.25, -0.2) is 39.9 Å². The van der Waals surface area contributed by atoms with Crippen LogP contribution >= 0.6 is 109 Å². The second-order valence-corrected chi connectivity index (χ2v) is 39.5. The molecule has 27 nitrogen and oxygen atoms in total. The smallest absolute Gasteiger partial charge is 0.346 e. The number of carboxylic acid groups (broad SMARTS) is 1. The van der Waals surface area contributed by atoms with Gasteiger partial charge in [-0.2, -0.15) is 20.4 Å². The summed E-state index contributed by atoms with van der Waals surface area (Å²) < 4.78 is 142. The number of halogens is 12. The van der Waals surface area contributed by atoms with Gasteiger partial charge in [0.25, 0.3) is 29.5 Å². The molecule has 14 heterocycles. The number of aromatic nitrogens is 8. The molecule has 137 heavy (non-hydrogen) atoms. The number of benzene rings is 6. The number of rotatable bonds is 23. The van der Waals surface area contributed by atoms with Crippen LogP contribution in [-0.2, 0) is 51.9 Å². The summed E-state index contributed by atoms with van der Waals surface area (Å²) in [4.78, 5) is 105. The molecule has 0 saturated carbocycles. The first-order chi connectivity index (χ1) is 65.8. The number of fused-ring (bicyclic) bond motifs is 14. The van der Waals surface area contributed by atoms with Crippen molar-refractivity contribution in [1.29, 1.82) is 0 Å². The fraction of sp³-hybridized carbons (Fsp3) is 0.234. The lowest BCUT2D eigenvalue weighted by molar-refractivity contribution is 0.0622. The van der Waals surface area contributed by atoms with Gasteiger partial charge < -0.3 is 46.6 Å². The van der Waals surface area contributed by atoms with E-state index in [4.69, 9.17) is 41.3 Å². The number of carbonyl (C=O) groups is 8. The zero-order valence-electron chi connectivity index (χ0n) is 71.4. The van der Waals surface area contributed by atoms with Crippen molar-refractivity contribution >= 4 is 156 Å². The van der Waals surface area contributed by atoms with E-state index in [9.17, 15) is 73.5 Å². The molecule has 0 saturated heterocycles. The molecular weight excluding hydrogens is 2130 g/mol. The first-order valence-electron chi connectivity index (χ1n) is 42.2. The Balaban J connectivity index is 0.000000127. The highest BCUT2D eigenvalue weighted by atomic mass is 79.9. The normalized spacial score (nSPS) is 14.3. The van der Waals surface area contributed by atoms with Gasteiger partial charge in [-0.1, -0.05) is 69.6 Å². The number of Topliss-reactive ketones (excluding diaryl/α,β-unsaturated/α-hetero) is 2. The first kappa shape index (κ1) is 98.0. The van der Waals surface area contributed by atoms with Crippen LogP contribution in [-0.4, -0.2) is 166 Å². The highest BCUT2D eigenvalue weighted by Crippen LogP contribution is 2.48. The number of hydrogen-bond donors (Lipinski definition) is 5. The van der Waals surface area contributed by atoms with Crippen LogP contribution in [0, 0.1) is 58.4 Å². The molecular formula is C94H76Br4F8N14O13S4. The quantitative estimate of drug-likeness (QED) is 0.0226. The highest BCUT2D eigenvalue weighted by Gasteiger charge is 2.40. The molecule has 6 aliphatic rings. The summed E-state index contributed by atoms with van der Waals surface area (Å²) in [5, 5.41) is 31.6. The van der Waals surface area contributed by atoms with E-state index in [1.165, 1.54) is 59.1 Å². The van der Waals surface area contributed by atoms with Crippen LogP contribution in [0.5, 0.6) is 20.3 Å². The minimum absolute atomic E-state index is 0.00945. The maximum Gasteiger partial charge on any atom is 0.346 e. The van der Waals surface area contributed by atoms with E-state index in [1.807, 2.05) is 26.2 Å². The third-order valence-corrected chi connectivity index (χ3v) is 28.9. The van der Waals surface area contributed by atoms with E-state index in [0.717, 1.165) is 126 Å². The fourth-order valence-electron chi connectivity index (χ4n) is 16.3. The van der Waals surface area contributed by atoms with E-state index < -0.39 is 94.1 Å². The number of carboxylic acids is 1.